The summed E-state index contributed by atoms with van der Waals surface area (Å²) in [6, 6.07) is 8.10. The van der Waals surface area contributed by atoms with Crippen molar-refractivity contribution in [2.75, 3.05) is 18.4 Å². The Bertz CT molecular complexity index is 482. The van der Waals surface area contributed by atoms with E-state index in [-0.39, 0.29) is 16.7 Å². The first-order valence-corrected chi connectivity index (χ1v) is 7.45. The fraction of sp³-hybridized carbons (Fsp3) is 0.588. The van der Waals surface area contributed by atoms with Crippen molar-refractivity contribution in [2.24, 2.45) is 5.41 Å². The van der Waals surface area contributed by atoms with E-state index in [1.165, 1.54) is 5.56 Å². The van der Waals surface area contributed by atoms with Crippen molar-refractivity contribution >= 4 is 11.6 Å². The summed E-state index contributed by atoms with van der Waals surface area (Å²) in [7, 11) is 0. The van der Waals surface area contributed by atoms with Crippen LogP contribution in [0.5, 0.6) is 0 Å². The zero-order valence-electron chi connectivity index (χ0n) is 13.0. The van der Waals surface area contributed by atoms with Crippen LogP contribution in [0.25, 0.3) is 0 Å². The maximum Gasteiger partial charge on any atom is 0.231 e. The Hall–Kier alpha value is -1.35. The van der Waals surface area contributed by atoms with Crippen molar-refractivity contribution < 1.29 is 4.79 Å². The number of benzene rings is 1. The summed E-state index contributed by atoms with van der Waals surface area (Å²) in [5.41, 5.74) is 1.84. The van der Waals surface area contributed by atoms with Gasteiger partial charge in [-0.1, -0.05) is 39.0 Å². The minimum Gasteiger partial charge on any atom is -0.325 e. The molecule has 1 aliphatic rings. The summed E-state index contributed by atoms with van der Waals surface area (Å²) in [5, 5.41) is 6.47. The zero-order chi connectivity index (χ0) is 14.8. The predicted octanol–water partition coefficient (Wildman–Crippen LogP) is 3.31. The highest BCUT2D eigenvalue weighted by Crippen LogP contribution is 2.32. The maximum absolute atomic E-state index is 12.6. The number of rotatable bonds is 2. The molecule has 1 saturated heterocycles. The Labute approximate surface area is 122 Å². The van der Waals surface area contributed by atoms with Crippen LogP contribution in [0.2, 0.25) is 0 Å². The van der Waals surface area contributed by atoms with E-state index < -0.39 is 0 Å². The van der Waals surface area contributed by atoms with Gasteiger partial charge in [0.25, 0.3) is 0 Å². The Morgan fingerprint density at radius 3 is 2.60 bits per heavy atom. The summed E-state index contributed by atoms with van der Waals surface area (Å²) in [6.07, 6.45) is 2.01. The molecule has 0 saturated carbocycles. The van der Waals surface area contributed by atoms with Crippen molar-refractivity contribution in [3.8, 4) is 0 Å². The van der Waals surface area contributed by atoms with Gasteiger partial charge in [-0.2, -0.15) is 0 Å². The second kappa shape index (κ2) is 5.57. The monoisotopic (exact) mass is 274 g/mol. The predicted molar refractivity (Wildman–Crippen MR) is 84.0 cm³/mol. The number of para-hydroxylation sites is 1. The molecule has 1 aromatic rings. The van der Waals surface area contributed by atoms with E-state index in [2.05, 4.69) is 37.5 Å². The van der Waals surface area contributed by atoms with Gasteiger partial charge < -0.3 is 10.6 Å². The summed E-state index contributed by atoms with van der Waals surface area (Å²) in [4.78, 5) is 12.6. The first-order chi connectivity index (χ1) is 9.33. The van der Waals surface area contributed by atoms with E-state index in [0.29, 0.717) is 0 Å². The molecule has 1 atom stereocenters. The highest BCUT2D eigenvalue weighted by atomic mass is 16.2. The molecule has 0 spiro atoms. The molecule has 3 nitrogen and oxygen atoms in total. The van der Waals surface area contributed by atoms with E-state index in [9.17, 15) is 4.79 Å². The summed E-state index contributed by atoms with van der Waals surface area (Å²) >= 11 is 0. The number of carbonyl (C=O) groups is 1. The van der Waals surface area contributed by atoms with Crippen molar-refractivity contribution in [3.05, 3.63) is 29.8 Å². The zero-order valence-corrected chi connectivity index (χ0v) is 13.0. The Kier molecular flexibility index (Phi) is 4.19. The quantitative estimate of drug-likeness (QED) is 0.868. The van der Waals surface area contributed by atoms with Gasteiger partial charge in [-0.25, -0.2) is 0 Å². The Morgan fingerprint density at radius 2 is 2.00 bits per heavy atom. The average molecular weight is 274 g/mol. The molecule has 1 heterocycles. The van der Waals surface area contributed by atoms with Crippen LogP contribution in [0.1, 0.15) is 46.1 Å². The van der Waals surface area contributed by atoms with Crippen molar-refractivity contribution in [3.63, 3.8) is 0 Å². The van der Waals surface area contributed by atoms with Crippen LogP contribution in [0.15, 0.2) is 24.3 Å². The minimum atomic E-state index is -0.302. The number of hydrogen-bond donors (Lipinski definition) is 2. The minimum absolute atomic E-state index is 0.0234. The molecule has 0 bridgehead atoms. The van der Waals surface area contributed by atoms with E-state index in [1.807, 2.05) is 25.1 Å². The highest BCUT2D eigenvalue weighted by molar-refractivity contribution is 5.96. The largest absolute Gasteiger partial charge is 0.325 e. The second-order valence-corrected chi connectivity index (χ2v) is 7.09. The lowest BCUT2D eigenvalue weighted by Gasteiger charge is -2.33. The van der Waals surface area contributed by atoms with Gasteiger partial charge in [0.15, 0.2) is 0 Å². The van der Waals surface area contributed by atoms with Gasteiger partial charge in [0.1, 0.15) is 0 Å². The Balaban J connectivity index is 2.20. The SMILES string of the molecule is CC1(C(=O)Nc2ccccc2C(C)(C)C)CCCNC1. The summed E-state index contributed by atoms with van der Waals surface area (Å²) < 4.78 is 0. The number of piperidine rings is 1. The smallest absolute Gasteiger partial charge is 0.231 e. The number of hydrogen-bond acceptors (Lipinski definition) is 2. The first kappa shape index (κ1) is 15.0. The third-order valence-electron chi connectivity index (χ3n) is 4.13. The fourth-order valence-corrected chi connectivity index (χ4v) is 2.77. The molecule has 110 valence electrons. The van der Waals surface area contributed by atoms with Crippen LogP contribution in [0, 0.1) is 5.41 Å². The standard InChI is InChI=1S/C17H26N2O/c1-16(2,3)13-8-5-6-9-14(13)19-15(20)17(4)10-7-11-18-12-17/h5-6,8-9,18H,7,10-12H2,1-4H3,(H,19,20). The van der Waals surface area contributed by atoms with E-state index in [4.69, 9.17) is 0 Å². The molecule has 0 aromatic heterocycles. The van der Waals surface area contributed by atoms with Gasteiger partial charge in [0.2, 0.25) is 5.91 Å². The maximum atomic E-state index is 12.6. The molecule has 0 radical (unpaired) electrons. The van der Waals surface area contributed by atoms with Crippen LogP contribution in [0.3, 0.4) is 0 Å². The average Bonchev–Trinajstić information content (AvgIpc) is 2.39. The van der Waals surface area contributed by atoms with Crippen LogP contribution in [-0.4, -0.2) is 19.0 Å². The molecule has 1 fully saturated rings. The van der Waals surface area contributed by atoms with Gasteiger partial charge >= 0.3 is 0 Å². The lowest BCUT2D eigenvalue weighted by Crippen LogP contribution is -2.46. The number of carbonyl (C=O) groups excluding carboxylic acids is 1. The van der Waals surface area contributed by atoms with E-state index in [1.54, 1.807) is 0 Å². The molecule has 1 aliphatic heterocycles. The summed E-state index contributed by atoms with van der Waals surface area (Å²) in [6.45, 7) is 10.3. The van der Waals surface area contributed by atoms with Crippen molar-refractivity contribution in [1.29, 1.82) is 0 Å². The van der Waals surface area contributed by atoms with Gasteiger partial charge in [0, 0.05) is 12.2 Å². The van der Waals surface area contributed by atoms with Crippen LogP contribution in [-0.2, 0) is 10.2 Å². The third-order valence-corrected chi connectivity index (χ3v) is 4.13. The molecule has 1 aromatic carbocycles. The van der Waals surface area contributed by atoms with E-state index in [0.717, 1.165) is 31.6 Å². The molecule has 20 heavy (non-hydrogen) atoms. The number of nitrogens with one attached hydrogen (secondary N) is 2. The normalized spacial score (nSPS) is 23.4. The van der Waals surface area contributed by atoms with Gasteiger partial charge in [-0.3, -0.25) is 4.79 Å². The van der Waals surface area contributed by atoms with Crippen LogP contribution >= 0.6 is 0 Å². The van der Waals surface area contributed by atoms with E-state index >= 15 is 0 Å². The lowest BCUT2D eigenvalue weighted by molar-refractivity contribution is -0.125. The summed E-state index contributed by atoms with van der Waals surface area (Å²) in [5.74, 6) is 0.126. The number of anilines is 1. The molecule has 2 N–H and O–H groups in total. The molecular formula is C17H26N2O. The second-order valence-electron chi connectivity index (χ2n) is 7.09. The third kappa shape index (κ3) is 3.21. The first-order valence-electron chi connectivity index (χ1n) is 7.45. The van der Waals surface area contributed by atoms with Gasteiger partial charge in [0.05, 0.1) is 5.41 Å². The molecule has 1 unspecified atom stereocenters. The van der Waals surface area contributed by atoms with Crippen LogP contribution in [0.4, 0.5) is 5.69 Å². The molecule has 0 aliphatic carbocycles. The molecular weight excluding hydrogens is 248 g/mol. The van der Waals surface area contributed by atoms with Crippen LogP contribution < -0.4 is 10.6 Å². The van der Waals surface area contributed by atoms with Crippen molar-refractivity contribution in [2.45, 2.75) is 46.0 Å². The molecule has 3 heteroatoms. The number of amides is 1. The topological polar surface area (TPSA) is 41.1 Å². The molecule has 1 amide bonds. The highest BCUT2D eigenvalue weighted by Gasteiger charge is 2.35. The van der Waals surface area contributed by atoms with Crippen molar-refractivity contribution in [1.82, 2.24) is 5.32 Å². The molecule has 2 rings (SSSR count). The van der Waals surface area contributed by atoms with Gasteiger partial charge in [-0.05, 0) is 43.4 Å². The lowest BCUT2D eigenvalue weighted by atomic mass is 9.81. The fourth-order valence-electron chi connectivity index (χ4n) is 2.77. The Morgan fingerprint density at radius 1 is 1.30 bits per heavy atom. The van der Waals surface area contributed by atoms with Gasteiger partial charge in [-0.15, -0.1) is 0 Å².